The predicted molar refractivity (Wildman–Crippen MR) is 316 cm³/mol. The summed E-state index contributed by atoms with van der Waals surface area (Å²) in [6.07, 6.45) is 68.0. The predicted octanol–water partition coefficient (Wildman–Crippen LogP) is 18.0. The molecule has 0 fully saturated rings. The van der Waals surface area contributed by atoms with Crippen LogP contribution in [0.15, 0.2) is 97.2 Å². The molecule has 3 unspecified atom stereocenters. The first-order chi connectivity index (χ1) is 37.2. The minimum atomic E-state index is -4.77. The standard InChI is InChI=1S/C64H109O11P/c1-4-7-10-13-16-19-22-25-28-29-30-31-34-37-40-43-46-49-52-55-64(68)75-61(57-71-62(66)53-50-47-44-41-38-35-32-26-23-20-17-14-11-8-5-2)59-73-76(69,70)72-58-60(56-65)74-63(67)54-51-48-45-42-39-36-33-27-24-21-18-15-12-9-6-3/h8-9,11-12,17-18,20-21,25-28,32-33,38,41,60-61,65H,4-7,10,13-16,19,22-24,29-31,34-37,39-40,42-59H2,1-3H3,(H,69,70)/b11-8-,12-9-,20-17-,21-18-,28-25-,32-26-,33-27-,41-38-. The van der Waals surface area contributed by atoms with E-state index in [1.165, 1.54) is 83.5 Å². The van der Waals surface area contributed by atoms with Gasteiger partial charge in [-0.25, -0.2) is 4.57 Å². The molecule has 12 heteroatoms. The quantitative estimate of drug-likeness (QED) is 0.0197. The number of allylic oxidation sites excluding steroid dienone is 16. The van der Waals surface area contributed by atoms with Crippen molar-refractivity contribution in [1.82, 2.24) is 0 Å². The first-order valence-electron chi connectivity index (χ1n) is 30.1. The van der Waals surface area contributed by atoms with E-state index in [0.717, 1.165) is 109 Å². The fraction of sp³-hybridized carbons (Fsp3) is 0.703. The Morgan fingerprint density at radius 3 is 1.09 bits per heavy atom. The third-order valence-electron chi connectivity index (χ3n) is 12.5. The third-order valence-corrected chi connectivity index (χ3v) is 13.4. The first-order valence-corrected chi connectivity index (χ1v) is 31.6. The number of phosphoric ester groups is 1. The lowest BCUT2D eigenvalue weighted by molar-refractivity contribution is -0.161. The van der Waals surface area contributed by atoms with Gasteiger partial charge >= 0.3 is 25.7 Å². The number of hydrogen-bond acceptors (Lipinski definition) is 10. The van der Waals surface area contributed by atoms with Gasteiger partial charge in [0.1, 0.15) is 12.7 Å². The second kappa shape index (κ2) is 57.6. The van der Waals surface area contributed by atoms with E-state index in [-0.39, 0.29) is 25.9 Å². The van der Waals surface area contributed by atoms with Crippen molar-refractivity contribution in [2.75, 3.05) is 26.4 Å². The topological polar surface area (TPSA) is 155 Å². The second-order valence-corrected chi connectivity index (χ2v) is 21.2. The highest BCUT2D eigenvalue weighted by Gasteiger charge is 2.28. The van der Waals surface area contributed by atoms with E-state index < -0.39 is 57.8 Å². The van der Waals surface area contributed by atoms with Gasteiger partial charge in [-0.1, -0.05) is 214 Å². The van der Waals surface area contributed by atoms with E-state index in [1.807, 2.05) is 0 Å². The third kappa shape index (κ3) is 55.2. The summed E-state index contributed by atoms with van der Waals surface area (Å²) in [5.41, 5.74) is 0. The largest absolute Gasteiger partial charge is 0.472 e. The highest BCUT2D eigenvalue weighted by Crippen LogP contribution is 2.43. The van der Waals surface area contributed by atoms with Crippen LogP contribution in [0.2, 0.25) is 0 Å². The Hall–Kier alpha value is -3.60. The molecule has 0 heterocycles. The molecule has 2 N–H and O–H groups in total. The minimum Gasteiger partial charge on any atom is -0.462 e. The first kappa shape index (κ1) is 72.4. The fourth-order valence-electron chi connectivity index (χ4n) is 7.94. The zero-order valence-electron chi connectivity index (χ0n) is 48.2. The van der Waals surface area contributed by atoms with Crippen molar-refractivity contribution in [2.45, 2.75) is 264 Å². The van der Waals surface area contributed by atoms with Crippen LogP contribution in [0, 0.1) is 0 Å². The monoisotopic (exact) mass is 1080 g/mol. The van der Waals surface area contributed by atoms with Gasteiger partial charge in [-0.2, -0.15) is 0 Å². The van der Waals surface area contributed by atoms with Crippen molar-refractivity contribution in [3.8, 4) is 0 Å². The van der Waals surface area contributed by atoms with Gasteiger partial charge in [0.25, 0.3) is 0 Å². The second-order valence-electron chi connectivity index (χ2n) is 19.7. The molecule has 436 valence electrons. The normalized spacial score (nSPS) is 14.0. The average molecular weight is 1090 g/mol. The van der Waals surface area contributed by atoms with Crippen LogP contribution in [0.5, 0.6) is 0 Å². The molecule has 0 aliphatic heterocycles. The highest BCUT2D eigenvalue weighted by atomic mass is 31.2. The van der Waals surface area contributed by atoms with Crippen molar-refractivity contribution in [3.05, 3.63) is 97.2 Å². The Balaban J connectivity index is 4.78. The molecular formula is C64H109O11P. The molecule has 0 bridgehead atoms. The highest BCUT2D eigenvalue weighted by molar-refractivity contribution is 7.47. The smallest absolute Gasteiger partial charge is 0.462 e. The van der Waals surface area contributed by atoms with Crippen LogP contribution >= 0.6 is 7.82 Å². The van der Waals surface area contributed by atoms with Crippen LogP contribution in [0.25, 0.3) is 0 Å². The van der Waals surface area contributed by atoms with Crippen molar-refractivity contribution in [2.24, 2.45) is 0 Å². The molecule has 76 heavy (non-hydrogen) atoms. The summed E-state index contributed by atoms with van der Waals surface area (Å²) in [5.74, 6) is -1.53. The minimum absolute atomic E-state index is 0.151. The molecule has 0 aromatic carbocycles. The van der Waals surface area contributed by atoms with E-state index in [1.54, 1.807) is 0 Å². The molecule has 0 saturated carbocycles. The van der Waals surface area contributed by atoms with Crippen molar-refractivity contribution in [1.29, 1.82) is 0 Å². The summed E-state index contributed by atoms with van der Waals surface area (Å²) in [5, 5.41) is 9.82. The summed E-state index contributed by atoms with van der Waals surface area (Å²) < 4.78 is 39.5. The summed E-state index contributed by atoms with van der Waals surface area (Å²) in [7, 11) is -4.77. The van der Waals surface area contributed by atoms with Crippen LogP contribution in [-0.2, 0) is 42.2 Å². The Bertz CT molecular complexity index is 1640. The molecule has 0 rings (SSSR count). The molecule has 0 aliphatic carbocycles. The summed E-state index contributed by atoms with van der Waals surface area (Å²) in [6.45, 7) is 4.36. The van der Waals surface area contributed by atoms with Crippen LogP contribution in [0.4, 0.5) is 0 Å². The van der Waals surface area contributed by atoms with Gasteiger partial charge in [0.15, 0.2) is 6.10 Å². The molecule has 0 amide bonds. The maximum Gasteiger partial charge on any atom is 0.472 e. The molecule has 0 saturated heterocycles. The van der Waals surface area contributed by atoms with Gasteiger partial charge in [0.05, 0.1) is 19.8 Å². The maximum absolute atomic E-state index is 12.9. The van der Waals surface area contributed by atoms with E-state index in [2.05, 4.69) is 118 Å². The van der Waals surface area contributed by atoms with Crippen molar-refractivity contribution < 1.29 is 52.2 Å². The Morgan fingerprint density at radius 1 is 0.382 bits per heavy atom. The summed E-state index contributed by atoms with van der Waals surface area (Å²) in [6, 6.07) is 0. The zero-order chi connectivity index (χ0) is 55.5. The Morgan fingerprint density at radius 2 is 0.684 bits per heavy atom. The lowest BCUT2D eigenvalue weighted by Crippen LogP contribution is -2.30. The lowest BCUT2D eigenvalue weighted by Gasteiger charge is -2.21. The molecular weight excluding hydrogens is 976 g/mol. The number of hydrogen-bond donors (Lipinski definition) is 2. The number of aliphatic hydroxyl groups is 1. The van der Waals surface area contributed by atoms with E-state index in [0.29, 0.717) is 19.3 Å². The van der Waals surface area contributed by atoms with Gasteiger partial charge in [0.2, 0.25) is 0 Å². The molecule has 0 spiro atoms. The summed E-state index contributed by atoms with van der Waals surface area (Å²) >= 11 is 0. The maximum atomic E-state index is 12.9. The van der Waals surface area contributed by atoms with E-state index >= 15 is 0 Å². The summed E-state index contributed by atoms with van der Waals surface area (Å²) in [4.78, 5) is 48.6. The number of ether oxygens (including phenoxy) is 3. The molecule has 0 aromatic rings. The van der Waals surface area contributed by atoms with Gasteiger partial charge in [-0.3, -0.25) is 23.4 Å². The van der Waals surface area contributed by atoms with Crippen LogP contribution in [0.1, 0.15) is 252 Å². The Kier molecular flexibility index (Phi) is 54.8. The molecule has 0 aliphatic rings. The van der Waals surface area contributed by atoms with Crippen molar-refractivity contribution >= 4 is 25.7 Å². The number of unbranched alkanes of at least 4 members (excludes halogenated alkanes) is 22. The SMILES string of the molecule is CC/C=C\C/C=C\C/C=C\C/C=C\CCCCC(=O)OCC(COP(=O)(O)OCC(CO)OC(=O)CCCCCCC/C=C\C/C=C\C/C=C\CC)OC(=O)CCCCCCCCCCC/C=C\CCCCCCCC. The number of carbonyl (C=O) groups excluding carboxylic acids is 3. The number of phosphoric acid groups is 1. The number of carbonyl (C=O) groups is 3. The van der Waals surface area contributed by atoms with Crippen molar-refractivity contribution in [3.63, 3.8) is 0 Å². The van der Waals surface area contributed by atoms with E-state index in [4.69, 9.17) is 23.3 Å². The van der Waals surface area contributed by atoms with Gasteiger partial charge < -0.3 is 24.2 Å². The van der Waals surface area contributed by atoms with Crippen LogP contribution in [-0.4, -0.2) is 66.5 Å². The van der Waals surface area contributed by atoms with Crippen LogP contribution in [0.3, 0.4) is 0 Å². The number of rotatable bonds is 55. The zero-order valence-corrected chi connectivity index (χ0v) is 49.1. The van der Waals surface area contributed by atoms with Crippen LogP contribution < -0.4 is 0 Å². The molecule has 3 atom stereocenters. The number of aliphatic hydroxyl groups excluding tert-OH is 1. The Labute approximate surface area is 463 Å². The molecule has 0 aromatic heterocycles. The fourth-order valence-corrected chi connectivity index (χ4v) is 8.73. The van der Waals surface area contributed by atoms with E-state index in [9.17, 15) is 28.9 Å². The number of esters is 3. The lowest BCUT2D eigenvalue weighted by atomic mass is 10.1. The van der Waals surface area contributed by atoms with Gasteiger partial charge in [0, 0.05) is 19.3 Å². The van der Waals surface area contributed by atoms with Gasteiger partial charge in [-0.15, -0.1) is 0 Å². The molecule has 0 radical (unpaired) electrons. The molecule has 11 nitrogen and oxygen atoms in total. The van der Waals surface area contributed by atoms with Gasteiger partial charge in [-0.05, 0) is 116 Å². The average Bonchev–Trinajstić information content (AvgIpc) is 3.41.